The highest BCUT2D eigenvalue weighted by Crippen LogP contribution is 2.35. The fraction of sp³-hybridized carbons (Fsp3) is 0.514. The quantitative estimate of drug-likeness (QED) is 0.0849. The van der Waals surface area contributed by atoms with Crippen LogP contribution in [0.15, 0.2) is 72.8 Å². The number of ketones is 1. The van der Waals surface area contributed by atoms with Gasteiger partial charge in [0.15, 0.2) is 5.54 Å². The van der Waals surface area contributed by atoms with Gasteiger partial charge in [-0.2, -0.15) is 0 Å². The molecule has 2 aliphatic rings. The van der Waals surface area contributed by atoms with Crippen LogP contribution in [-0.4, -0.2) is 52.7 Å². The van der Waals surface area contributed by atoms with E-state index in [0.29, 0.717) is 12.8 Å². The summed E-state index contributed by atoms with van der Waals surface area (Å²) in [5.41, 5.74) is -0.386. The Labute approximate surface area is 272 Å². The summed E-state index contributed by atoms with van der Waals surface area (Å²) < 4.78 is 4.62. The average Bonchev–Trinajstić information content (AvgIpc) is 3.51. The number of esters is 1. The second-order valence-electron chi connectivity index (χ2n) is 12.6. The largest absolute Gasteiger partial charge is 0.469 e. The van der Waals surface area contributed by atoms with Crippen molar-refractivity contribution in [2.45, 2.75) is 102 Å². The number of Topliss-reactive ketones (excluding diaryl/α,β-unsaturated/α-hetero) is 1. The lowest BCUT2D eigenvalue weighted by molar-refractivity contribution is -0.140. The first-order valence-corrected chi connectivity index (χ1v) is 16.5. The third-order valence-corrected chi connectivity index (χ3v) is 8.87. The Bertz CT molecular complexity index is 1270. The Morgan fingerprint density at radius 1 is 0.978 bits per heavy atom. The molecule has 2 aromatic rings. The van der Waals surface area contributed by atoms with Crippen LogP contribution in [0.2, 0.25) is 0 Å². The zero-order valence-electron chi connectivity index (χ0n) is 27.4. The lowest BCUT2D eigenvalue weighted by Gasteiger charge is -2.27. The van der Waals surface area contributed by atoms with Gasteiger partial charge < -0.3 is 20.3 Å². The van der Waals surface area contributed by atoms with E-state index in [4.69, 9.17) is 0 Å². The summed E-state index contributed by atoms with van der Waals surface area (Å²) in [6.45, 7) is 3.95. The molecule has 9 heteroatoms. The van der Waals surface area contributed by atoms with Gasteiger partial charge in [0.1, 0.15) is 5.78 Å². The zero-order valence-corrected chi connectivity index (χ0v) is 27.4. The lowest BCUT2D eigenvalue weighted by Crippen LogP contribution is -2.44. The molecule has 1 aliphatic carbocycles. The molecular weight excluding hydrogens is 584 g/mol. The Morgan fingerprint density at radius 3 is 2.13 bits per heavy atom. The van der Waals surface area contributed by atoms with E-state index < -0.39 is 23.3 Å². The van der Waals surface area contributed by atoms with Crippen LogP contribution in [-0.2, 0) is 24.7 Å². The molecule has 3 amide bonds. The predicted molar refractivity (Wildman–Crippen MR) is 177 cm³/mol. The van der Waals surface area contributed by atoms with Crippen LogP contribution < -0.4 is 10.6 Å². The topological polar surface area (TPSA) is 142 Å². The van der Waals surface area contributed by atoms with Crippen molar-refractivity contribution in [3.63, 3.8) is 0 Å². The Balaban J connectivity index is 0.000000264. The highest BCUT2D eigenvalue weighted by Gasteiger charge is 2.49. The van der Waals surface area contributed by atoms with Crippen molar-refractivity contribution in [3.05, 3.63) is 83.9 Å². The normalized spacial score (nSPS) is 21.7. The molecule has 0 aromatic heterocycles. The summed E-state index contributed by atoms with van der Waals surface area (Å²) in [6, 6.07) is 18.0. The Morgan fingerprint density at radius 2 is 1.59 bits per heavy atom. The SMILES string of the molecule is CCCCC(C)(O)C/C=C/[C@H]1[C@H](O)CC(=O)[C@@H]1CCCCCCC(=O)OC.O=C1NC(=O)C(c2ccccc2)(c2ccccc2)N1. The number of methoxy groups -OCH3 is 1. The van der Waals surface area contributed by atoms with Gasteiger partial charge in [-0.1, -0.05) is 112 Å². The van der Waals surface area contributed by atoms with Crippen molar-refractivity contribution in [3.8, 4) is 0 Å². The van der Waals surface area contributed by atoms with E-state index in [1.165, 1.54) is 7.11 Å². The van der Waals surface area contributed by atoms with Gasteiger partial charge in [-0.15, -0.1) is 0 Å². The van der Waals surface area contributed by atoms with Gasteiger partial charge in [0, 0.05) is 24.7 Å². The third kappa shape index (κ3) is 10.1. The van der Waals surface area contributed by atoms with E-state index in [9.17, 15) is 29.4 Å². The number of carbonyl (C=O) groups excluding carboxylic acids is 4. The summed E-state index contributed by atoms with van der Waals surface area (Å²) in [6.07, 6.45) is 11.7. The number of urea groups is 1. The number of imide groups is 1. The molecule has 9 nitrogen and oxygen atoms in total. The van der Waals surface area contributed by atoms with Crippen LogP contribution in [0.1, 0.15) is 95.6 Å². The van der Waals surface area contributed by atoms with Crippen LogP contribution in [0.4, 0.5) is 4.79 Å². The standard InChI is InChI=1S/C22H38O5.C15H12N2O2/c1-4-5-14-22(2,26)15-10-12-18-17(19(23)16-20(18)24)11-8-6-7-9-13-21(25)27-3;18-13-15(17-14(19)16-13,11-7-3-1-4-8-11)12-9-5-2-6-10-12/h10,12,17-18,20,24,26H,4-9,11,13-16H2,1-3H3;1-10H,(H2,16,17,18,19)/b12-10+;/t17-,18-,20-,22?;/m1./s1. The van der Waals surface area contributed by atoms with E-state index in [-0.39, 0.29) is 35.9 Å². The molecule has 0 spiro atoms. The number of aliphatic hydroxyl groups is 2. The predicted octanol–water partition coefficient (Wildman–Crippen LogP) is 5.72. The van der Waals surface area contributed by atoms with Crippen molar-refractivity contribution in [1.82, 2.24) is 10.6 Å². The summed E-state index contributed by atoms with van der Waals surface area (Å²) in [4.78, 5) is 47.2. The minimum absolute atomic E-state index is 0.127. The van der Waals surface area contributed by atoms with Crippen molar-refractivity contribution in [2.75, 3.05) is 7.11 Å². The van der Waals surface area contributed by atoms with Gasteiger partial charge in [-0.3, -0.25) is 19.7 Å². The van der Waals surface area contributed by atoms with Crippen molar-refractivity contribution in [1.29, 1.82) is 0 Å². The van der Waals surface area contributed by atoms with E-state index in [1.54, 1.807) is 0 Å². The van der Waals surface area contributed by atoms with Crippen molar-refractivity contribution in [2.24, 2.45) is 11.8 Å². The molecule has 0 bridgehead atoms. The maximum absolute atomic E-state index is 12.3. The van der Waals surface area contributed by atoms with Gasteiger partial charge in [-0.25, -0.2) is 4.79 Å². The van der Waals surface area contributed by atoms with Crippen LogP contribution >= 0.6 is 0 Å². The molecule has 2 aromatic carbocycles. The second-order valence-corrected chi connectivity index (χ2v) is 12.6. The number of aliphatic hydroxyl groups excluding tert-OH is 1. The minimum atomic E-state index is -1.14. The first kappa shape index (κ1) is 36.6. The van der Waals surface area contributed by atoms with Crippen LogP contribution in [0, 0.1) is 11.8 Å². The highest BCUT2D eigenvalue weighted by atomic mass is 16.5. The van der Waals surface area contributed by atoms with Gasteiger partial charge in [0.2, 0.25) is 0 Å². The van der Waals surface area contributed by atoms with Gasteiger partial charge in [-0.05, 0) is 43.7 Å². The summed E-state index contributed by atoms with van der Waals surface area (Å²) in [5, 5.41) is 25.7. The number of nitrogens with one attached hydrogen (secondary N) is 2. The molecule has 1 heterocycles. The number of ether oxygens (including phenoxy) is 1. The molecular formula is C37H50N2O7. The number of rotatable bonds is 15. The first-order valence-electron chi connectivity index (χ1n) is 16.5. The Hall–Kier alpha value is -3.82. The minimum Gasteiger partial charge on any atom is -0.469 e. The number of hydrogen-bond donors (Lipinski definition) is 4. The molecule has 1 unspecified atom stereocenters. The van der Waals surface area contributed by atoms with E-state index in [0.717, 1.165) is 62.5 Å². The Kier molecular flexibility index (Phi) is 14.2. The molecule has 1 aliphatic heterocycles. The van der Waals surface area contributed by atoms with Crippen LogP contribution in [0.3, 0.4) is 0 Å². The molecule has 0 radical (unpaired) electrons. The van der Waals surface area contributed by atoms with Crippen LogP contribution in [0.5, 0.6) is 0 Å². The molecule has 4 atom stereocenters. The first-order chi connectivity index (χ1) is 22.0. The molecule has 4 rings (SSSR count). The zero-order chi connectivity index (χ0) is 33.6. The van der Waals surface area contributed by atoms with Gasteiger partial charge >= 0.3 is 12.0 Å². The summed E-state index contributed by atoms with van der Waals surface area (Å²) in [7, 11) is 1.40. The fourth-order valence-corrected chi connectivity index (χ4v) is 6.22. The maximum atomic E-state index is 12.3. The van der Waals surface area contributed by atoms with Crippen molar-refractivity contribution < 1.29 is 34.1 Å². The van der Waals surface area contributed by atoms with Gasteiger partial charge in [0.05, 0.1) is 18.8 Å². The molecule has 2 fully saturated rings. The van der Waals surface area contributed by atoms with Crippen molar-refractivity contribution >= 4 is 23.7 Å². The van der Waals surface area contributed by atoms with E-state index in [2.05, 4.69) is 22.3 Å². The molecule has 4 N–H and O–H groups in total. The average molecular weight is 635 g/mol. The summed E-state index contributed by atoms with van der Waals surface area (Å²) in [5.74, 6) is -0.657. The highest BCUT2D eigenvalue weighted by molar-refractivity contribution is 6.09. The number of amides is 3. The molecule has 1 saturated heterocycles. The van der Waals surface area contributed by atoms with E-state index >= 15 is 0 Å². The lowest BCUT2D eigenvalue weighted by atomic mass is 9.83. The summed E-state index contributed by atoms with van der Waals surface area (Å²) >= 11 is 0. The van der Waals surface area contributed by atoms with Gasteiger partial charge in [0.25, 0.3) is 5.91 Å². The van der Waals surface area contributed by atoms with Crippen LogP contribution in [0.25, 0.3) is 0 Å². The number of hydrogen-bond acceptors (Lipinski definition) is 7. The number of unbranched alkanes of at least 4 members (excludes halogenated alkanes) is 4. The molecule has 250 valence electrons. The second kappa shape index (κ2) is 17.8. The maximum Gasteiger partial charge on any atom is 0.322 e. The number of benzene rings is 2. The molecule has 46 heavy (non-hydrogen) atoms. The molecule has 1 saturated carbocycles. The monoisotopic (exact) mass is 634 g/mol. The van der Waals surface area contributed by atoms with E-state index in [1.807, 2.05) is 79.7 Å². The number of carbonyl (C=O) groups is 4. The fourth-order valence-electron chi connectivity index (χ4n) is 6.22. The smallest absolute Gasteiger partial charge is 0.322 e. The third-order valence-electron chi connectivity index (χ3n) is 8.87.